The van der Waals surface area contributed by atoms with E-state index in [1.165, 1.54) is 36.0 Å². The van der Waals surface area contributed by atoms with Crippen molar-refractivity contribution in [2.75, 3.05) is 12.4 Å². The summed E-state index contributed by atoms with van der Waals surface area (Å²) >= 11 is 6.08. The summed E-state index contributed by atoms with van der Waals surface area (Å²) in [4.78, 5) is 0. The summed E-state index contributed by atoms with van der Waals surface area (Å²) in [6.45, 7) is 2.16. The van der Waals surface area contributed by atoms with Gasteiger partial charge in [0.2, 0.25) is 0 Å². The Morgan fingerprint density at radius 3 is 2.71 bits per heavy atom. The van der Waals surface area contributed by atoms with Gasteiger partial charge in [-0.1, -0.05) is 29.8 Å². The van der Waals surface area contributed by atoms with Crippen LogP contribution in [0.3, 0.4) is 0 Å². The Hall–Kier alpha value is -1.67. The van der Waals surface area contributed by atoms with Crippen LogP contribution >= 0.6 is 11.6 Å². The standard InChI is InChI=1S/C18H20ClNO/c1-12(14-7-6-13-4-3-5-15(13)10-14)20-17-11-16(19)8-9-18(17)21-2/h6-12,20H,3-5H2,1-2H3. The highest BCUT2D eigenvalue weighted by molar-refractivity contribution is 6.30. The lowest BCUT2D eigenvalue weighted by atomic mass is 10.0. The molecule has 0 heterocycles. The minimum absolute atomic E-state index is 0.211. The molecule has 2 nitrogen and oxygen atoms in total. The average Bonchev–Trinajstić information content (AvgIpc) is 2.94. The lowest BCUT2D eigenvalue weighted by Crippen LogP contribution is -2.08. The Morgan fingerprint density at radius 1 is 1.10 bits per heavy atom. The minimum Gasteiger partial charge on any atom is -0.495 e. The highest BCUT2D eigenvalue weighted by Crippen LogP contribution is 2.32. The van der Waals surface area contributed by atoms with Gasteiger partial charge in [-0.05, 0) is 61.1 Å². The van der Waals surface area contributed by atoms with Gasteiger partial charge in [0.1, 0.15) is 5.75 Å². The van der Waals surface area contributed by atoms with Gasteiger partial charge in [-0.25, -0.2) is 0 Å². The van der Waals surface area contributed by atoms with Crippen molar-refractivity contribution in [3.05, 3.63) is 58.1 Å². The number of fused-ring (bicyclic) bond motifs is 1. The fourth-order valence-electron chi connectivity index (χ4n) is 2.97. The van der Waals surface area contributed by atoms with Crippen molar-refractivity contribution in [3.8, 4) is 5.75 Å². The van der Waals surface area contributed by atoms with Gasteiger partial charge in [0, 0.05) is 11.1 Å². The molecule has 1 N–H and O–H groups in total. The van der Waals surface area contributed by atoms with E-state index in [1.807, 2.05) is 18.2 Å². The van der Waals surface area contributed by atoms with Gasteiger partial charge in [-0.2, -0.15) is 0 Å². The summed E-state index contributed by atoms with van der Waals surface area (Å²) in [5, 5.41) is 4.21. The molecule has 21 heavy (non-hydrogen) atoms. The molecule has 3 heteroatoms. The molecular weight excluding hydrogens is 282 g/mol. The third kappa shape index (κ3) is 3.01. The van der Waals surface area contributed by atoms with E-state index in [4.69, 9.17) is 16.3 Å². The highest BCUT2D eigenvalue weighted by atomic mass is 35.5. The average molecular weight is 302 g/mol. The van der Waals surface area contributed by atoms with Gasteiger partial charge in [-0.15, -0.1) is 0 Å². The van der Waals surface area contributed by atoms with E-state index < -0.39 is 0 Å². The molecule has 0 fully saturated rings. The molecule has 1 unspecified atom stereocenters. The molecule has 0 saturated heterocycles. The quantitative estimate of drug-likeness (QED) is 0.857. The lowest BCUT2D eigenvalue weighted by Gasteiger charge is -2.19. The van der Waals surface area contributed by atoms with E-state index in [2.05, 4.69) is 30.4 Å². The van der Waals surface area contributed by atoms with Crippen molar-refractivity contribution in [2.45, 2.75) is 32.2 Å². The molecule has 1 aliphatic carbocycles. The summed E-state index contributed by atoms with van der Waals surface area (Å²) in [5.41, 5.74) is 5.24. The molecule has 110 valence electrons. The van der Waals surface area contributed by atoms with Gasteiger partial charge in [0.25, 0.3) is 0 Å². The largest absolute Gasteiger partial charge is 0.495 e. The number of halogens is 1. The fraction of sp³-hybridized carbons (Fsp3) is 0.333. The zero-order valence-corrected chi connectivity index (χ0v) is 13.2. The predicted molar refractivity (Wildman–Crippen MR) is 88.5 cm³/mol. The number of rotatable bonds is 4. The minimum atomic E-state index is 0.211. The summed E-state index contributed by atoms with van der Waals surface area (Å²) in [6.07, 6.45) is 3.71. The highest BCUT2D eigenvalue weighted by Gasteiger charge is 2.14. The third-order valence-electron chi connectivity index (χ3n) is 4.16. The molecular formula is C18H20ClNO. The molecule has 0 radical (unpaired) electrons. The summed E-state index contributed by atoms with van der Waals surface area (Å²) in [5.74, 6) is 0.812. The van der Waals surface area contributed by atoms with Gasteiger partial charge < -0.3 is 10.1 Å². The SMILES string of the molecule is COc1ccc(Cl)cc1NC(C)c1ccc2c(c1)CCC2. The third-order valence-corrected chi connectivity index (χ3v) is 4.39. The smallest absolute Gasteiger partial charge is 0.142 e. The first-order chi connectivity index (χ1) is 10.2. The number of hydrogen-bond acceptors (Lipinski definition) is 2. The van der Waals surface area contributed by atoms with Crippen molar-refractivity contribution < 1.29 is 4.74 Å². The number of methoxy groups -OCH3 is 1. The molecule has 2 aromatic rings. The molecule has 0 spiro atoms. The second-order valence-electron chi connectivity index (χ2n) is 5.59. The van der Waals surface area contributed by atoms with Crippen LogP contribution in [0.15, 0.2) is 36.4 Å². The van der Waals surface area contributed by atoms with Crippen LogP contribution in [0.25, 0.3) is 0 Å². The molecule has 0 amide bonds. The maximum atomic E-state index is 6.08. The first kappa shape index (κ1) is 14.3. The van der Waals surface area contributed by atoms with E-state index >= 15 is 0 Å². The number of benzene rings is 2. The van der Waals surface area contributed by atoms with Crippen LogP contribution < -0.4 is 10.1 Å². The van der Waals surface area contributed by atoms with Gasteiger partial charge in [-0.3, -0.25) is 0 Å². The molecule has 0 saturated carbocycles. The van der Waals surface area contributed by atoms with Crippen LogP contribution in [0.4, 0.5) is 5.69 Å². The fourth-order valence-corrected chi connectivity index (χ4v) is 3.14. The Morgan fingerprint density at radius 2 is 1.90 bits per heavy atom. The van der Waals surface area contributed by atoms with Crippen molar-refractivity contribution in [3.63, 3.8) is 0 Å². The van der Waals surface area contributed by atoms with Gasteiger partial charge in [0.15, 0.2) is 0 Å². The molecule has 0 aromatic heterocycles. The number of anilines is 1. The van der Waals surface area contributed by atoms with Crippen LogP contribution in [0, 0.1) is 0 Å². The topological polar surface area (TPSA) is 21.3 Å². The second-order valence-corrected chi connectivity index (χ2v) is 6.03. The summed E-state index contributed by atoms with van der Waals surface area (Å²) < 4.78 is 5.39. The summed E-state index contributed by atoms with van der Waals surface area (Å²) in [6, 6.07) is 12.7. The Kier molecular flexibility index (Phi) is 4.07. The number of hydrogen-bond donors (Lipinski definition) is 1. The molecule has 0 aliphatic heterocycles. The zero-order chi connectivity index (χ0) is 14.8. The van der Waals surface area contributed by atoms with Gasteiger partial charge >= 0.3 is 0 Å². The molecule has 1 aliphatic rings. The monoisotopic (exact) mass is 301 g/mol. The van der Waals surface area contributed by atoms with Crippen LogP contribution in [0.1, 0.15) is 36.1 Å². The maximum Gasteiger partial charge on any atom is 0.142 e. The maximum absolute atomic E-state index is 6.08. The zero-order valence-electron chi connectivity index (χ0n) is 12.4. The second kappa shape index (κ2) is 5.98. The number of nitrogens with one attached hydrogen (secondary N) is 1. The van der Waals surface area contributed by atoms with Crippen molar-refractivity contribution >= 4 is 17.3 Å². The van der Waals surface area contributed by atoms with E-state index in [0.717, 1.165) is 11.4 Å². The number of ether oxygens (including phenoxy) is 1. The normalized spacial score (nSPS) is 14.6. The molecule has 1 atom stereocenters. The van der Waals surface area contributed by atoms with E-state index in [1.54, 1.807) is 7.11 Å². The lowest BCUT2D eigenvalue weighted by molar-refractivity contribution is 0.416. The molecule has 0 bridgehead atoms. The predicted octanol–water partition coefficient (Wildman–Crippen LogP) is 5.01. The van der Waals surface area contributed by atoms with Crippen molar-refractivity contribution in [2.24, 2.45) is 0 Å². The van der Waals surface area contributed by atoms with E-state index in [-0.39, 0.29) is 6.04 Å². The Labute approximate surface area is 131 Å². The first-order valence-corrected chi connectivity index (χ1v) is 7.77. The van der Waals surface area contributed by atoms with Crippen molar-refractivity contribution in [1.29, 1.82) is 0 Å². The van der Waals surface area contributed by atoms with Crippen molar-refractivity contribution in [1.82, 2.24) is 0 Å². The van der Waals surface area contributed by atoms with Gasteiger partial charge in [0.05, 0.1) is 12.8 Å². The number of aryl methyl sites for hydroxylation is 2. The van der Waals surface area contributed by atoms with Crippen LogP contribution in [0.2, 0.25) is 5.02 Å². The van der Waals surface area contributed by atoms with Crippen LogP contribution in [-0.4, -0.2) is 7.11 Å². The Balaban J connectivity index is 1.83. The van der Waals surface area contributed by atoms with Crippen LogP contribution in [0.5, 0.6) is 5.75 Å². The van der Waals surface area contributed by atoms with Crippen LogP contribution in [-0.2, 0) is 12.8 Å². The molecule has 2 aromatic carbocycles. The van der Waals surface area contributed by atoms with E-state index in [9.17, 15) is 0 Å². The van der Waals surface area contributed by atoms with E-state index in [0.29, 0.717) is 5.02 Å². The molecule has 3 rings (SSSR count). The summed E-state index contributed by atoms with van der Waals surface area (Å²) in [7, 11) is 1.68. The first-order valence-electron chi connectivity index (χ1n) is 7.39. The Bertz CT molecular complexity index is 654.